The van der Waals surface area contributed by atoms with Gasteiger partial charge < -0.3 is 9.47 Å². The van der Waals surface area contributed by atoms with E-state index in [4.69, 9.17) is 21.7 Å². The molecule has 1 amide bonds. The third-order valence-electron chi connectivity index (χ3n) is 4.11. The lowest BCUT2D eigenvalue weighted by atomic mass is 10.1. The number of carbonyl (C=O) groups excluding carboxylic acids is 2. The SMILES string of the molecule is CCCOc1ccccc1/C=C1/SC(=S)N(CCCCCC(=O)OCC)C1=O. The van der Waals surface area contributed by atoms with Gasteiger partial charge in [-0.05, 0) is 38.3 Å². The summed E-state index contributed by atoms with van der Waals surface area (Å²) in [4.78, 5) is 26.3. The molecule has 0 bridgehead atoms. The number of nitrogens with zero attached hydrogens (tertiary/aromatic N) is 1. The monoisotopic (exact) mass is 421 g/mol. The third-order valence-corrected chi connectivity index (χ3v) is 5.49. The van der Waals surface area contributed by atoms with Crippen LogP contribution in [0.2, 0.25) is 0 Å². The number of thiocarbonyl (C=S) groups is 1. The molecule has 1 aromatic carbocycles. The van der Waals surface area contributed by atoms with Gasteiger partial charge in [-0.2, -0.15) is 0 Å². The summed E-state index contributed by atoms with van der Waals surface area (Å²) in [6.07, 6.45) is 5.60. The van der Waals surface area contributed by atoms with E-state index in [1.54, 1.807) is 11.8 Å². The minimum Gasteiger partial charge on any atom is -0.493 e. The van der Waals surface area contributed by atoms with Crippen LogP contribution in [-0.2, 0) is 14.3 Å². The Hall–Kier alpha value is -1.86. The largest absolute Gasteiger partial charge is 0.493 e. The van der Waals surface area contributed by atoms with Gasteiger partial charge in [0.2, 0.25) is 0 Å². The molecule has 0 aromatic heterocycles. The molecule has 0 aliphatic carbocycles. The summed E-state index contributed by atoms with van der Waals surface area (Å²) >= 11 is 6.71. The van der Waals surface area contributed by atoms with Gasteiger partial charge in [-0.3, -0.25) is 14.5 Å². The maximum Gasteiger partial charge on any atom is 0.305 e. The smallest absolute Gasteiger partial charge is 0.305 e. The lowest BCUT2D eigenvalue weighted by Crippen LogP contribution is -2.29. The number of unbranched alkanes of at least 4 members (excludes halogenated alkanes) is 2. The molecule has 0 unspecified atom stereocenters. The summed E-state index contributed by atoms with van der Waals surface area (Å²) in [5.74, 6) is 0.541. The van der Waals surface area contributed by atoms with Crippen LogP contribution < -0.4 is 4.74 Å². The second kappa shape index (κ2) is 11.9. The van der Waals surface area contributed by atoms with Crippen molar-refractivity contribution in [3.63, 3.8) is 0 Å². The molecule has 0 atom stereocenters. The first kappa shape index (κ1) is 22.4. The summed E-state index contributed by atoms with van der Waals surface area (Å²) in [6.45, 7) is 5.47. The molecule has 7 heteroatoms. The van der Waals surface area contributed by atoms with Gasteiger partial charge in [0.25, 0.3) is 5.91 Å². The number of amides is 1. The molecule has 1 aliphatic rings. The van der Waals surface area contributed by atoms with E-state index in [9.17, 15) is 9.59 Å². The van der Waals surface area contributed by atoms with Crippen LogP contribution in [-0.4, -0.2) is 40.9 Å². The fourth-order valence-corrected chi connectivity index (χ4v) is 4.03. The van der Waals surface area contributed by atoms with Crippen molar-refractivity contribution in [2.75, 3.05) is 19.8 Å². The highest BCUT2D eigenvalue weighted by Crippen LogP contribution is 2.34. The molecule has 1 saturated heterocycles. The maximum absolute atomic E-state index is 12.7. The van der Waals surface area contributed by atoms with Crippen LogP contribution in [0.15, 0.2) is 29.2 Å². The number of thioether (sulfide) groups is 1. The topological polar surface area (TPSA) is 55.8 Å². The molecule has 1 fully saturated rings. The lowest BCUT2D eigenvalue weighted by molar-refractivity contribution is -0.143. The molecule has 2 rings (SSSR count). The Morgan fingerprint density at radius 1 is 1.21 bits per heavy atom. The van der Waals surface area contributed by atoms with Crippen LogP contribution in [0.25, 0.3) is 6.08 Å². The first-order chi connectivity index (χ1) is 13.6. The quantitative estimate of drug-likeness (QED) is 0.221. The van der Waals surface area contributed by atoms with E-state index in [-0.39, 0.29) is 11.9 Å². The van der Waals surface area contributed by atoms with Crippen molar-refractivity contribution in [3.05, 3.63) is 34.7 Å². The van der Waals surface area contributed by atoms with Gasteiger partial charge in [0.15, 0.2) is 0 Å². The molecule has 152 valence electrons. The summed E-state index contributed by atoms with van der Waals surface area (Å²) in [5.41, 5.74) is 0.880. The number of rotatable bonds is 11. The highest BCUT2D eigenvalue weighted by molar-refractivity contribution is 8.26. The summed E-state index contributed by atoms with van der Waals surface area (Å²) in [5, 5.41) is 0. The first-order valence-corrected chi connectivity index (χ1v) is 10.9. The standard InChI is InChI=1S/C21H27NO4S2/c1-3-14-26-17-11-8-7-10-16(17)15-18-20(24)22(21(27)28-18)13-9-5-6-12-19(23)25-4-2/h7-8,10-11,15H,3-6,9,12-14H2,1-2H3/b18-15+. The van der Waals surface area contributed by atoms with Crippen molar-refractivity contribution >= 4 is 46.3 Å². The second-order valence-electron chi connectivity index (χ2n) is 6.34. The Morgan fingerprint density at radius 3 is 2.75 bits per heavy atom. The summed E-state index contributed by atoms with van der Waals surface area (Å²) in [6, 6.07) is 7.69. The number of para-hydroxylation sites is 1. The molecule has 0 radical (unpaired) electrons. The van der Waals surface area contributed by atoms with E-state index in [1.165, 1.54) is 11.8 Å². The number of ether oxygens (including phenoxy) is 2. The molecule has 1 heterocycles. The first-order valence-electron chi connectivity index (χ1n) is 9.69. The molecular weight excluding hydrogens is 394 g/mol. The summed E-state index contributed by atoms with van der Waals surface area (Å²) in [7, 11) is 0. The number of carbonyl (C=O) groups is 2. The van der Waals surface area contributed by atoms with Crippen molar-refractivity contribution in [3.8, 4) is 5.75 Å². The molecule has 0 spiro atoms. The Morgan fingerprint density at radius 2 is 2.00 bits per heavy atom. The average molecular weight is 422 g/mol. The molecular formula is C21H27NO4S2. The fourth-order valence-electron chi connectivity index (χ4n) is 2.73. The molecule has 28 heavy (non-hydrogen) atoms. The van der Waals surface area contributed by atoms with Crippen LogP contribution in [0.4, 0.5) is 0 Å². The van der Waals surface area contributed by atoms with Gasteiger partial charge in [-0.15, -0.1) is 0 Å². The zero-order valence-corrected chi connectivity index (χ0v) is 18.1. The highest BCUT2D eigenvalue weighted by atomic mass is 32.2. The van der Waals surface area contributed by atoms with Gasteiger partial charge in [-0.25, -0.2) is 0 Å². The fraction of sp³-hybridized carbons (Fsp3) is 0.476. The maximum atomic E-state index is 12.7. The minimum absolute atomic E-state index is 0.0642. The Balaban J connectivity index is 1.91. The van der Waals surface area contributed by atoms with Crippen molar-refractivity contribution in [1.82, 2.24) is 4.90 Å². The highest BCUT2D eigenvalue weighted by Gasteiger charge is 2.31. The van der Waals surface area contributed by atoms with Crippen molar-refractivity contribution in [1.29, 1.82) is 0 Å². The number of esters is 1. The molecule has 0 N–H and O–H groups in total. The molecule has 5 nitrogen and oxygen atoms in total. The zero-order chi connectivity index (χ0) is 20.4. The van der Waals surface area contributed by atoms with Gasteiger partial charge in [0, 0.05) is 18.5 Å². The molecule has 0 saturated carbocycles. The normalized spacial score (nSPS) is 15.4. The van der Waals surface area contributed by atoms with Crippen molar-refractivity contribution < 1.29 is 19.1 Å². The van der Waals surface area contributed by atoms with E-state index < -0.39 is 0 Å². The van der Waals surface area contributed by atoms with Crippen molar-refractivity contribution in [2.45, 2.75) is 46.0 Å². The predicted octanol–water partition coefficient (Wildman–Crippen LogP) is 4.80. The second-order valence-corrected chi connectivity index (χ2v) is 8.01. The summed E-state index contributed by atoms with van der Waals surface area (Å²) < 4.78 is 11.3. The van der Waals surface area contributed by atoms with E-state index >= 15 is 0 Å². The Labute approximate surface area is 176 Å². The zero-order valence-electron chi connectivity index (χ0n) is 16.4. The molecule has 1 aliphatic heterocycles. The van der Waals surface area contributed by atoms with Gasteiger partial charge >= 0.3 is 5.97 Å². The van der Waals surface area contributed by atoms with Crippen LogP contribution in [0, 0.1) is 0 Å². The van der Waals surface area contributed by atoms with Crippen LogP contribution >= 0.6 is 24.0 Å². The third kappa shape index (κ3) is 6.63. The van der Waals surface area contributed by atoms with Gasteiger partial charge in [0.1, 0.15) is 10.1 Å². The van der Waals surface area contributed by atoms with E-state index in [1.807, 2.05) is 30.3 Å². The number of benzene rings is 1. The van der Waals surface area contributed by atoms with Crippen LogP contribution in [0.3, 0.4) is 0 Å². The van der Waals surface area contributed by atoms with E-state index in [0.29, 0.717) is 35.4 Å². The number of hydrogen-bond acceptors (Lipinski definition) is 6. The predicted molar refractivity (Wildman–Crippen MR) is 117 cm³/mol. The number of hydrogen-bond donors (Lipinski definition) is 0. The van der Waals surface area contributed by atoms with E-state index in [2.05, 4.69) is 6.92 Å². The Kier molecular flexibility index (Phi) is 9.50. The van der Waals surface area contributed by atoms with Crippen LogP contribution in [0.5, 0.6) is 5.75 Å². The van der Waals surface area contributed by atoms with E-state index in [0.717, 1.165) is 37.0 Å². The minimum atomic E-state index is -0.167. The Bertz CT molecular complexity index is 733. The van der Waals surface area contributed by atoms with Gasteiger partial charge in [-0.1, -0.05) is 55.5 Å². The lowest BCUT2D eigenvalue weighted by Gasteiger charge is -2.14. The van der Waals surface area contributed by atoms with Crippen LogP contribution in [0.1, 0.15) is 51.5 Å². The van der Waals surface area contributed by atoms with Gasteiger partial charge in [0.05, 0.1) is 18.1 Å². The molecule has 1 aromatic rings. The average Bonchev–Trinajstić information content (AvgIpc) is 2.94. The van der Waals surface area contributed by atoms with Crippen molar-refractivity contribution in [2.24, 2.45) is 0 Å².